The van der Waals surface area contributed by atoms with E-state index in [1.54, 1.807) is 36.0 Å². The SMILES string of the molecule is CCN(Cc1ccc(C(=O)N(C)C)cc1)C(=O)COC(c1ccccc1)c1ccccc1. The number of amides is 2. The Balaban J connectivity index is 1.66. The molecule has 3 rings (SSSR count). The van der Waals surface area contributed by atoms with Crippen molar-refractivity contribution in [2.75, 3.05) is 27.2 Å². The van der Waals surface area contributed by atoms with Gasteiger partial charge in [-0.2, -0.15) is 0 Å². The fourth-order valence-electron chi connectivity index (χ4n) is 3.49. The molecule has 0 saturated heterocycles. The number of carbonyl (C=O) groups is 2. The van der Waals surface area contributed by atoms with Crippen LogP contribution in [0.5, 0.6) is 0 Å². The molecule has 166 valence electrons. The summed E-state index contributed by atoms with van der Waals surface area (Å²) < 4.78 is 6.13. The topological polar surface area (TPSA) is 49.9 Å². The van der Waals surface area contributed by atoms with Crippen molar-refractivity contribution in [3.8, 4) is 0 Å². The summed E-state index contributed by atoms with van der Waals surface area (Å²) in [6.07, 6.45) is -0.309. The molecule has 0 radical (unpaired) electrons. The third kappa shape index (κ3) is 6.05. The average molecular weight is 431 g/mol. The van der Waals surface area contributed by atoms with Gasteiger partial charge in [0.25, 0.3) is 5.91 Å². The van der Waals surface area contributed by atoms with Crippen molar-refractivity contribution in [3.63, 3.8) is 0 Å². The van der Waals surface area contributed by atoms with Crippen molar-refractivity contribution in [1.29, 1.82) is 0 Å². The zero-order valence-electron chi connectivity index (χ0n) is 18.9. The molecule has 0 unspecified atom stereocenters. The first-order valence-corrected chi connectivity index (χ1v) is 10.8. The Morgan fingerprint density at radius 3 is 1.81 bits per heavy atom. The van der Waals surface area contributed by atoms with Crippen LogP contribution in [0.2, 0.25) is 0 Å². The summed E-state index contributed by atoms with van der Waals surface area (Å²) in [5.74, 6) is -0.112. The minimum absolute atomic E-state index is 0.0144. The monoisotopic (exact) mass is 430 g/mol. The molecule has 0 aliphatic carbocycles. The second-order valence-corrected chi connectivity index (χ2v) is 7.82. The Morgan fingerprint density at radius 2 is 1.34 bits per heavy atom. The number of benzene rings is 3. The fraction of sp³-hybridized carbons (Fsp3) is 0.259. The van der Waals surface area contributed by atoms with Crippen molar-refractivity contribution in [1.82, 2.24) is 9.80 Å². The smallest absolute Gasteiger partial charge is 0.253 e. The Morgan fingerprint density at radius 1 is 0.812 bits per heavy atom. The summed E-state index contributed by atoms with van der Waals surface area (Å²) in [5, 5.41) is 0. The Bertz CT molecular complexity index is 963. The maximum atomic E-state index is 13.0. The lowest BCUT2D eigenvalue weighted by Crippen LogP contribution is -2.34. The summed E-state index contributed by atoms with van der Waals surface area (Å²) in [7, 11) is 3.46. The molecule has 0 N–H and O–H groups in total. The van der Waals surface area contributed by atoms with Gasteiger partial charge in [-0.15, -0.1) is 0 Å². The molecular formula is C27H30N2O3. The molecule has 2 amide bonds. The first-order chi connectivity index (χ1) is 15.5. The van der Waals surface area contributed by atoms with Crippen LogP contribution >= 0.6 is 0 Å². The highest BCUT2D eigenvalue weighted by atomic mass is 16.5. The van der Waals surface area contributed by atoms with E-state index in [1.807, 2.05) is 79.7 Å². The number of nitrogens with zero attached hydrogens (tertiary/aromatic N) is 2. The van der Waals surface area contributed by atoms with E-state index in [0.29, 0.717) is 18.7 Å². The van der Waals surface area contributed by atoms with Crippen LogP contribution in [-0.4, -0.2) is 48.9 Å². The number of ether oxygens (including phenoxy) is 1. The standard InChI is InChI=1S/C27H30N2O3/c1-4-29(19-21-15-17-24(18-16-21)27(31)28(2)3)25(30)20-32-26(22-11-7-5-8-12-22)23-13-9-6-10-14-23/h5-18,26H,4,19-20H2,1-3H3. The second-order valence-electron chi connectivity index (χ2n) is 7.82. The number of carbonyl (C=O) groups excluding carboxylic acids is 2. The van der Waals surface area contributed by atoms with Gasteiger partial charge in [-0.1, -0.05) is 72.8 Å². The van der Waals surface area contributed by atoms with E-state index in [1.165, 1.54) is 0 Å². The highest BCUT2D eigenvalue weighted by molar-refractivity contribution is 5.93. The molecule has 0 bridgehead atoms. The lowest BCUT2D eigenvalue weighted by molar-refractivity contribution is -0.138. The predicted octanol–water partition coefficient (Wildman–Crippen LogP) is 4.54. The molecule has 0 spiro atoms. The normalized spacial score (nSPS) is 10.8. The van der Waals surface area contributed by atoms with E-state index in [2.05, 4.69) is 0 Å². The zero-order valence-corrected chi connectivity index (χ0v) is 18.9. The van der Waals surface area contributed by atoms with Crippen LogP contribution in [0.4, 0.5) is 0 Å². The van der Waals surface area contributed by atoms with E-state index < -0.39 is 0 Å². The summed E-state index contributed by atoms with van der Waals surface area (Å²) in [6, 6.07) is 27.2. The van der Waals surface area contributed by atoms with Gasteiger partial charge in [0.2, 0.25) is 5.91 Å². The predicted molar refractivity (Wildman–Crippen MR) is 126 cm³/mol. The van der Waals surface area contributed by atoms with Gasteiger partial charge < -0.3 is 14.5 Å². The van der Waals surface area contributed by atoms with E-state index >= 15 is 0 Å². The number of hydrogen-bond donors (Lipinski definition) is 0. The van der Waals surface area contributed by atoms with E-state index in [9.17, 15) is 9.59 Å². The number of rotatable bonds is 9. The maximum Gasteiger partial charge on any atom is 0.253 e. The van der Waals surface area contributed by atoms with Gasteiger partial charge in [-0.05, 0) is 35.7 Å². The van der Waals surface area contributed by atoms with Crippen LogP contribution in [0.3, 0.4) is 0 Å². The molecule has 0 fully saturated rings. The van der Waals surface area contributed by atoms with Crippen molar-refractivity contribution < 1.29 is 14.3 Å². The summed E-state index contributed by atoms with van der Waals surface area (Å²) in [5.41, 5.74) is 3.62. The number of hydrogen-bond acceptors (Lipinski definition) is 3. The van der Waals surface area contributed by atoms with Crippen molar-refractivity contribution >= 4 is 11.8 Å². The maximum absolute atomic E-state index is 13.0. The van der Waals surface area contributed by atoms with Crippen molar-refractivity contribution in [2.24, 2.45) is 0 Å². The highest BCUT2D eigenvalue weighted by Gasteiger charge is 2.19. The van der Waals surface area contributed by atoms with Crippen LogP contribution < -0.4 is 0 Å². The first kappa shape index (κ1) is 23.2. The molecular weight excluding hydrogens is 400 g/mol. The van der Waals surface area contributed by atoms with Crippen LogP contribution in [0.15, 0.2) is 84.9 Å². The Labute approximate surface area is 190 Å². The molecule has 5 heteroatoms. The molecule has 0 atom stereocenters. The average Bonchev–Trinajstić information content (AvgIpc) is 2.83. The molecule has 0 aliphatic rings. The van der Waals surface area contributed by atoms with Crippen LogP contribution in [-0.2, 0) is 16.1 Å². The zero-order chi connectivity index (χ0) is 22.9. The van der Waals surface area contributed by atoms with Gasteiger partial charge in [0, 0.05) is 32.7 Å². The Hall–Kier alpha value is -3.44. The molecule has 0 aromatic heterocycles. The van der Waals surface area contributed by atoms with E-state index in [0.717, 1.165) is 16.7 Å². The van der Waals surface area contributed by atoms with E-state index in [-0.39, 0.29) is 24.5 Å². The molecule has 0 heterocycles. The highest BCUT2D eigenvalue weighted by Crippen LogP contribution is 2.25. The summed E-state index contributed by atoms with van der Waals surface area (Å²) in [6.45, 7) is 2.98. The second kappa shape index (κ2) is 11.3. The lowest BCUT2D eigenvalue weighted by Gasteiger charge is -2.24. The fourth-order valence-corrected chi connectivity index (χ4v) is 3.49. The minimum atomic E-state index is -0.309. The van der Waals surface area contributed by atoms with Gasteiger partial charge in [0.1, 0.15) is 12.7 Å². The van der Waals surface area contributed by atoms with Crippen molar-refractivity contribution in [2.45, 2.75) is 19.6 Å². The van der Waals surface area contributed by atoms with Crippen LogP contribution in [0, 0.1) is 0 Å². The summed E-state index contributed by atoms with van der Waals surface area (Å²) in [4.78, 5) is 28.3. The van der Waals surface area contributed by atoms with Gasteiger partial charge >= 0.3 is 0 Å². The molecule has 0 aliphatic heterocycles. The van der Waals surface area contributed by atoms with Crippen LogP contribution in [0.1, 0.15) is 40.1 Å². The molecule has 5 nitrogen and oxygen atoms in total. The largest absolute Gasteiger partial charge is 0.359 e. The molecule has 3 aromatic rings. The minimum Gasteiger partial charge on any atom is -0.359 e. The summed E-state index contributed by atoms with van der Waals surface area (Å²) >= 11 is 0. The van der Waals surface area contributed by atoms with Gasteiger partial charge in [0.15, 0.2) is 0 Å². The number of likely N-dealkylation sites (N-methyl/N-ethyl adjacent to an activating group) is 1. The molecule has 32 heavy (non-hydrogen) atoms. The van der Waals surface area contributed by atoms with Crippen molar-refractivity contribution in [3.05, 3.63) is 107 Å². The molecule has 3 aromatic carbocycles. The van der Waals surface area contributed by atoms with Gasteiger partial charge in [0.05, 0.1) is 0 Å². The third-order valence-electron chi connectivity index (χ3n) is 5.29. The third-order valence-corrected chi connectivity index (χ3v) is 5.29. The van der Waals surface area contributed by atoms with Gasteiger partial charge in [-0.3, -0.25) is 9.59 Å². The Kier molecular flexibility index (Phi) is 8.17. The lowest BCUT2D eigenvalue weighted by atomic mass is 10.0. The quantitative estimate of drug-likeness (QED) is 0.501. The van der Waals surface area contributed by atoms with Gasteiger partial charge in [-0.25, -0.2) is 0 Å². The first-order valence-electron chi connectivity index (χ1n) is 10.8. The van der Waals surface area contributed by atoms with Crippen LogP contribution in [0.25, 0.3) is 0 Å². The van der Waals surface area contributed by atoms with E-state index in [4.69, 9.17) is 4.74 Å². The molecule has 0 saturated carbocycles.